The van der Waals surface area contributed by atoms with Crippen LogP contribution in [0.1, 0.15) is 6.92 Å². The van der Waals surface area contributed by atoms with E-state index in [0.717, 1.165) is 16.5 Å². The average Bonchev–Trinajstić information content (AvgIpc) is 2.38. The quantitative estimate of drug-likeness (QED) is 0.921. The van der Waals surface area contributed by atoms with Gasteiger partial charge in [-0.1, -0.05) is 12.1 Å². The summed E-state index contributed by atoms with van der Waals surface area (Å²) in [6, 6.07) is 10.6. The molecule has 2 aromatic rings. The van der Waals surface area contributed by atoms with E-state index in [0.29, 0.717) is 6.61 Å². The number of ether oxygens (including phenoxy) is 1. The summed E-state index contributed by atoms with van der Waals surface area (Å²) in [5, 5.41) is 1.82. The molecule has 4 nitrogen and oxygen atoms in total. The van der Waals surface area contributed by atoms with Gasteiger partial charge in [-0.2, -0.15) is 0 Å². The molecule has 0 fully saturated rings. The van der Waals surface area contributed by atoms with E-state index < -0.39 is 10.0 Å². The fraction of sp³-hybridized carbons (Fsp3) is 0.231. The predicted octanol–water partition coefficient (Wildman–Crippen LogP) is 2.15. The van der Waals surface area contributed by atoms with Crippen LogP contribution in [0.5, 0.6) is 5.75 Å². The second-order valence-corrected chi connectivity index (χ2v) is 5.70. The molecule has 2 rings (SSSR count). The monoisotopic (exact) mass is 265 g/mol. The lowest BCUT2D eigenvalue weighted by atomic mass is 10.1. The molecule has 0 bridgehead atoms. The summed E-state index contributed by atoms with van der Waals surface area (Å²) in [6.07, 6.45) is 0. The van der Waals surface area contributed by atoms with Crippen molar-refractivity contribution in [1.82, 2.24) is 4.72 Å². The van der Waals surface area contributed by atoms with Gasteiger partial charge in [-0.25, -0.2) is 13.1 Å². The van der Waals surface area contributed by atoms with Gasteiger partial charge in [-0.3, -0.25) is 0 Å². The minimum absolute atomic E-state index is 0.265. The van der Waals surface area contributed by atoms with E-state index in [1.54, 1.807) is 18.2 Å². The second-order valence-electron chi connectivity index (χ2n) is 3.81. The first-order valence-corrected chi connectivity index (χ1v) is 7.15. The molecule has 96 valence electrons. The summed E-state index contributed by atoms with van der Waals surface area (Å²) in [5.41, 5.74) is 0. The van der Waals surface area contributed by atoms with E-state index in [9.17, 15) is 8.42 Å². The summed E-state index contributed by atoms with van der Waals surface area (Å²) >= 11 is 0. The Morgan fingerprint density at radius 2 is 1.78 bits per heavy atom. The molecule has 0 heterocycles. The molecule has 0 amide bonds. The molecule has 0 saturated heterocycles. The third-order valence-corrected chi connectivity index (χ3v) is 4.09. The number of hydrogen-bond acceptors (Lipinski definition) is 3. The maximum atomic E-state index is 11.7. The highest BCUT2D eigenvalue weighted by atomic mass is 32.2. The van der Waals surface area contributed by atoms with E-state index in [4.69, 9.17) is 4.74 Å². The van der Waals surface area contributed by atoms with Crippen LogP contribution in [0.15, 0.2) is 41.3 Å². The highest BCUT2D eigenvalue weighted by Crippen LogP contribution is 2.23. The molecule has 0 aliphatic carbocycles. The summed E-state index contributed by atoms with van der Waals surface area (Å²) in [4.78, 5) is 0.265. The Balaban J connectivity index is 2.51. The first-order chi connectivity index (χ1) is 8.56. The largest absolute Gasteiger partial charge is 0.494 e. The zero-order valence-electron chi connectivity index (χ0n) is 10.3. The third kappa shape index (κ3) is 2.47. The van der Waals surface area contributed by atoms with Crippen molar-refractivity contribution in [2.24, 2.45) is 0 Å². The number of rotatable bonds is 4. The molecule has 2 aromatic carbocycles. The van der Waals surface area contributed by atoms with Crippen LogP contribution in [0.3, 0.4) is 0 Å². The Labute approximate surface area is 107 Å². The first kappa shape index (κ1) is 12.9. The molecule has 1 N–H and O–H groups in total. The molecule has 0 aromatic heterocycles. The minimum atomic E-state index is -3.39. The maximum Gasteiger partial charge on any atom is 0.240 e. The van der Waals surface area contributed by atoms with Crippen LogP contribution < -0.4 is 9.46 Å². The number of benzene rings is 2. The number of sulfonamides is 1. The zero-order chi connectivity index (χ0) is 13.2. The van der Waals surface area contributed by atoms with E-state index in [2.05, 4.69) is 4.72 Å². The van der Waals surface area contributed by atoms with Gasteiger partial charge in [0.2, 0.25) is 10.0 Å². The molecular formula is C13H15NO3S. The van der Waals surface area contributed by atoms with Gasteiger partial charge in [0, 0.05) is 0 Å². The third-order valence-electron chi connectivity index (χ3n) is 2.67. The topological polar surface area (TPSA) is 55.4 Å². The molecule has 0 atom stereocenters. The van der Waals surface area contributed by atoms with Gasteiger partial charge >= 0.3 is 0 Å². The minimum Gasteiger partial charge on any atom is -0.494 e. The van der Waals surface area contributed by atoms with Crippen molar-refractivity contribution in [2.45, 2.75) is 11.8 Å². The van der Waals surface area contributed by atoms with Gasteiger partial charge in [0.15, 0.2) is 0 Å². The lowest BCUT2D eigenvalue weighted by molar-refractivity contribution is 0.341. The van der Waals surface area contributed by atoms with Crippen LogP contribution >= 0.6 is 0 Å². The van der Waals surface area contributed by atoms with Crippen LogP contribution in [0.25, 0.3) is 10.8 Å². The van der Waals surface area contributed by atoms with Crippen molar-refractivity contribution in [3.05, 3.63) is 36.4 Å². The Hall–Kier alpha value is -1.59. The summed E-state index contributed by atoms with van der Waals surface area (Å²) in [7, 11) is -1.99. The van der Waals surface area contributed by atoms with Crippen molar-refractivity contribution in [2.75, 3.05) is 13.7 Å². The predicted molar refractivity (Wildman–Crippen MR) is 71.4 cm³/mol. The summed E-state index contributed by atoms with van der Waals surface area (Å²) < 4.78 is 31.1. The van der Waals surface area contributed by atoms with Crippen LogP contribution in [0.4, 0.5) is 0 Å². The molecule has 18 heavy (non-hydrogen) atoms. The fourth-order valence-electron chi connectivity index (χ4n) is 1.74. The SMILES string of the molecule is CCOc1ccc2cc(S(=O)(=O)NC)ccc2c1. The molecule has 0 aliphatic rings. The molecule has 0 spiro atoms. The maximum absolute atomic E-state index is 11.7. The smallest absolute Gasteiger partial charge is 0.240 e. The summed E-state index contributed by atoms with van der Waals surface area (Å²) in [6.45, 7) is 2.53. The van der Waals surface area contributed by atoms with Gasteiger partial charge < -0.3 is 4.74 Å². The van der Waals surface area contributed by atoms with Gasteiger partial charge in [-0.05, 0) is 49.0 Å². The Kier molecular flexibility index (Phi) is 3.54. The van der Waals surface area contributed by atoms with Crippen molar-refractivity contribution in [3.63, 3.8) is 0 Å². The van der Waals surface area contributed by atoms with Crippen LogP contribution in [0.2, 0.25) is 0 Å². The molecular weight excluding hydrogens is 250 g/mol. The normalized spacial score (nSPS) is 11.7. The van der Waals surface area contributed by atoms with E-state index in [1.165, 1.54) is 7.05 Å². The lowest BCUT2D eigenvalue weighted by Gasteiger charge is -2.07. The highest BCUT2D eigenvalue weighted by molar-refractivity contribution is 7.89. The van der Waals surface area contributed by atoms with Gasteiger partial charge in [0.05, 0.1) is 11.5 Å². The number of nitrogens with one attached hydrogen (secondary N) is 1. The molecule has 0 aliphatic heterocycles. The molecule has 0 radical (unpaired) electrons. The highest BCUT2D eigenvalue weighted by Gasteiger charge is 2.11. The Morgan fingerprint density at radius 1 is 1.11 bits per heavy atom. The van der Waals surface area contributed by atoms with Crippen molar-refractivity contribution in [3.8, 4) is 5.75 Å². The number of hydrogen-bond donors (Lipinski definition) is 1. The van der Waals surface area contributed by atoms with Gasteiger partial charge in [0.25, 0.3) is 0 Å². The average molecular weight is 265 g/mol. The molecule has 5 heteroatoms. The zero-order valence-corrected chi connectivity index (χ0v) is 11.1. The van der Waals surface area contributed by atoms with Crippen molar-refractivity contribution in [1.29, 1.82) is 0 Å². The van der Waals surface area contributed by atoms with Crippen molar-refractivity contribution >= 4 is 20.8 Å². The summed E-state index contributed by atoms with van der Waals surface area (Å²) in [5.74, 6) is 0.786. The molecule has 0 unspecified atom stereocenters. The molecule has 0 saturated carbocycles. The van der Waals surface area contributed by atoms with E-state index in [1.807, 2.05) is 25.1 Å². The van der Waals surface area contributed by atoms with Crippen LogP contribution in [-0.4, -0.2) is 22.1 Å². The standard InChI is InChI=1S/C13H15NO3S/c1-3-17-12-6-4-11-9-13(18(15,16)14-2)7-5-10(11)8-12/h4-9,14H,3H2,1-2H3. The van der Waals surface area contributed by atoms with Crippen LogP contribution in [-0.2, 0) is 10.0 Å². The Bertz CT molecular complexity index is 665. The number of fused-ring (bicyclic) bond motifs is 1. The van der Waals surface area contributed by atoms with Crippen LogP contribution in [0, 0.1) is 0 Å². The van der Waals surface area contributed by atoms with E-state index in [-0.39, 0.29) is 4.90 Å². The Morgan fingerprint density at radius 3 is 2.44 bits per heavy atom. The lowest BCUT2D eigenvalue weighted by Crippen LogP contribution is -2.18. The van der Waals surface area contributed by atoms with Crippen molar-refractivity contribution < 1.29 is 13.2 Å². The first-order valence-electron chi connectivity index (χ1n) is 5.67. The van der Waals surface area contributed by atoms with E-state index >= 15 is 0 Å². The fourth-order valence-corrected chi connectivity index (χ4v) is 2.51. The second kappa shape index (κ2) is 4.96. The van der Waals surface area contributed by atoms with Gasteiger partial charge in [0.1, 0.15) is 5.75 Å². The van der Waals surface area contributed by atoms with Gasteiger partial charge in [-0.15, -0.1) is 0 Å².